The number of rotatable bonds is 5. The molecule has 1 aliphatic carbocycles. The van der Waals surface area contributed by atoms with Gasteiger partial charge in [-0.1, -0.05) is 18.2 Å². The number of carbonyl (C=O) groups excluding carboxylic acids is 1. The fourth-order valence-electron chi connectivity index (χ4n) is 3.49. The van der Waals surface area contributed by atoms with Crippen molar-refractivity contribution in [1.29, 1.82) is 0 Å². The van der Waals surface area contributed by atoms with Crippen LogP contribution in [0, 0.1) is 11.7 Å². The summed E-state index contributed by atoms with van der Waals surface area (Å²) in [5, 5.41) is 3.08. The molecule has 2 fully saturated rings. The third kappa shape index (κ3) is 3.37. The topological polar surface area (TPSA) is 47.6 Å². The van der Waals surface area contributed by atoms with Crippen LogP contribution in [0.25, 0.3) is 0 Å². The average molecular weight is 341 g/mol. The van der Waals surface area contributed by atoms with Crippen molar-refractivity contribution >= 4 is 5.91 Å². The summed E-state index contributed by atoms with van der Waals surface area (Å²) in [6.45, 7) is 0.957. The molecule has 1 N–H and O–H groups in total. The highest BCUT2D eigenvalue weighted by Crippen LogP contribution is 2.38. The Bertz CT molecular complexity index is 762. The van der Waals surface area contributed by atoms with Crippen LogP contribution >= 0.6 is 0 Å². The van der Waals surface area contributed by atoms with Gasteiger partial charge in [-0.15, -0.1) is 0 Å². The molecule has 3 atom stereocenters. The molecule has 4 nitrogen and oxygen atoms in total. The summed E-state index contributed by atoms with van der Waals surface area (Å²) in [5.74, 6) is 0.712. The van der Waals surface area contributed by atoms with Crippen LogP contribution in [0.2, 0.25) is 0 Å². The number of ether oxygens (including phenoxy) is 2. The number of amides is 1. The Morgan fingerprint density at radius 3 is 2.76 bits per heavy atom. The lowest BCUT2D eigenvalue weighted by molar-refractivity contribution is 0.00810. The van der Waals surface area contributed by atoms with E-state index in [2.05, 4.69) is 5.32 Å². The Kier molecular flexibility index (Phi) is 4.40. The maximum absolute atomic E-state index is 13.6. The van der Waals surface area contributed by atoms with Crippen molar-refractivity contribution in [3.63, 3.8) is 0 Å². The highest BCUT2D eigenvalue weighted by molar-refractivity contribution is 5.94. The lowest BCUT2D eigenvalue weighted by atomic mass is 9.76. The first kappa shape index (κ1) is 16.1. The zero-order valence-corrected chi connectivity index (χ0v) is 13.8. The molecule has 2 aliphatic rings. The van der Waals surface area contributed by atoms with Gasteiger partial charge in [0, 0.05) is 29.7 Å². The van der Waals surface area contributed by atoms with Gasteiger partial charge in [-0.05, 0) is 43.2 Å². The molecule has 1 heterocycles. The monoisotopic (exact) mass is 341 g/mol. The normalized spacial score (nSPS) is 24.3. The number of hydrogen-bond donors (Lipinski definition) is 1. The number of carbonyl (C=O) groups is 1. The van der Waals surface area contributed by atoms with E-state index in [-0.39, 0.29) is 24.4 Å². The SMILES string of the molecule is O=C(N[C@@H]1C[C@H]2OCC[C@@H]12)c1ccc(OCc2ccccc2F)cc1. The van der Waals surface area contributed by atoms with Crippen molar-refractivity contribution in [1.82, 2.24) is 5.32 Å². The Morgan fingerprint density at radius 1 is 1.20 bits per heavy atom. The second kappa shape index (κ2) is 6.84. The van der Waals surface area contributed by atoms with E-state index in [1.807, 2.05) is 0 Å². The van der Waals surface area contributed by atoms with Crippen LogP contribution in [-0.4, -0.2) is 24.7 Å². The maximum Gasteiger partial charge on any atom is 0.251 e. The summed E-state index contributed by atoms with van der Waals surface area (Å²) in [4.78, 5) is 12.3. The molecule has 130 valence electrons. The molecule has 1 saturated carbocycles. The van der Waals surface area contributed by atoms with Crippen molar-refractivity contribution in [2.45, 2.75) is 31.6 Å². The first-order valence-corrected chi connectivity index (χ1v) is 8.59. The number of halogens is 1. The molecule has 2 aromatic rings. The Balaban J connectivity index is 1.32. The smallest absolute Gasteiger partial charge is 0.251 e. The van der Waals surface area contributed by atoms with Gasteiger partial charge in [0.1, 0.15) is 18.2 Å². The van der Waals surface area contributed by atoms with Gasteiger partial charge in [-0.3, -0.25) is 4.79 Å². The molecule has 0 unspecified atom stereocenters. The van der Waals surface area contributed by atoms with Gasteiger partial charge in [0.05, 0.1) is 6.10 Å². The van der Waals surface area contributed by atoms with Crippen LogP contribution in [0.15, 0.2) is 48.5 Å². The van der Waals surface area contributed by atoms with E-state index >= 15 is 0 Å². The largest absolute Gasteiger partial charge is 0.489 e. The summed E-state index contributed by atoms with van der Waals surface area (Å²) in [6.07, 6.45) is 2.26. The molecule has 0 radical (unpaired) electrons. The zero-order chi connectivity index (χ0) is 17.2. The Hall–Kier alpha value is -2.40. The van der Waals surface area contributed by atoms with Gasteiger partial charge >= 0.3 is 0 Å². The van der Waals surface area contributed by atoms with E-state index in [0.717, 1.165) is 19.4 Å². The van der Waals surface area contributed by atoms with Crippen LogP contribution in [0.4, 0.5) is 4.39 Å². The van der Waals surface area contributed by atoms with E-state index < -0.39 is 0 Å². The van der Waals surface area contributed by atoms with Gasteiger partial charge in [-0.2, -0.15) is 0 Å². The highest BCUT2D eigenvalue weighted by Gasteiger charge is 2.45. The summed E-state index contributed by atoms with van der Waals surface area (Å²) in [7, 11) is 0. The van der Waals surface area contributed by atoms with E-state index in [4.69, 9.17) is 9.47 Å². The lowest BCUT2D eigenvalue weighted by Gasteiger charge is -2.39. The van der Waals surface area contributed by atoms with Crippen molar-refractivity contribution in [3.8, 4) is 5.75 Å². The van der Waals surface area contributed by atoms with Gasteiger partial charge in [-0.25, -0.2) is 4.39 Å². The van der Waals surface area contributed by atoms with Crippen LogP contribution < -0.4 is 10.1 Å². The maximum atomic E-state index is 13.6. The average Bonchev–Trinajstić information content (AvgIpc) is 3.00. The van der Waals surface area contributed by atoms with Crippen LogP contribution in [0.5, 0.6) is 5.75 Å². The number of nitrogens with one attached hydrogen (secondary N) is 1. The van der Waals surface area contributed by atoms with Crippen molar-refractivity contribution in [3.05, 3.63) is 65.5 Å². The second-order valence-corrected chi connectivity index (χ2v) is 6.58. The molecule has 1 saturated heterocycles. The number of fused-ring (bicyclic) bond motifs is 1. The Labute approximate surface area is 146 Å². The molecule has 5 heteroatoms. The molecule has 4 rings (SSSR count). The summed E-state index contributed by atoms with van der Waals surface area (Å²) in [6, 6.07) is 13.7. The van der Waals surface area contributed by atoms with Crippen molar-refractivity contribution < 1.29 is 18.7 Å². The van der Waals surface area contributed by atoms with Gasteiger partial charge < -0.3 is 14.8 Å². The number of hydrogen-bond acceptors (Lipinski definition) is 3. The molecule has 25 heavy (non-hydrogen) atoms. The fraction of sp³-hybridized carbons (Fsp3) is 0.350. The Morgan fingerprint density at radius 2 is 2.00 bits per heavy atom. The standard InChI is InChI=1S/C20H20FNO3/c21-17-4-2-1-3-14(17)12-25-15-7-5-13(6-8-15)20(23)22-18-11-19-16(18)9-10-24-19/h1-8,16,18-19H,9-12H2,(H,22,23)/t16-,18+,19+/m0/s1. The van der Waals surface area contributed by atoms with E-state index in [9.17, 15) is 9.18 Å². The predicted octanol–water partition coefficient (Wildman–Crippen LogP) is 3.31. The van der Waals surface area contributed by atoms with Gasteiger partial charge in [0.15, 0.2) is 0 Å². The highest BCUT2D eigenvalue weighted by atomic mass is 19.1. The minimum Gasteiger partial charge on any atom is -0.489 e. The molecular weight excluding hydrogens is 321 g/mol. The predicted molar refractivity (Wildman–Crippen MR) is 90.9 cm³/mol. The van der Waals surface area contributed by atoms with E-state index in [1.165, 1.54) is 6.07 Å². The van der Waals surface area contributed by atoms with E-state index in [1.54, 1.807) is 42.5 Å². The van der Waals surface area contributed by atoms with Crippen LogP contribution in [-0.2, 0) is 11.3 Å². The third-order valence-corrected chi connectivity index (χ3v) is 5.05. The van der Waals surface area contributed by atoms with Gasteiger partial charge in [0.2, 0.25) is 0 Å². The summed E-state index contributed by atoms with van der Waals surface area (Å²) in [5.41, 5.74) is 1.10. The first-order chi connectivity index (χ1) is 12.2. The summed E-state index contributed by atoms with van der Waals surface area (Å²) < 4.78 is 24.7. The molecule has 0 aromatic heterocycles. The second-order valence-electron chi connectivity index (χ2n) is 6.58. The van der Waals surface area contributed by atoms with Gasteiger partial charge in [0.25, 0.3) is 5.91 Å². The summed E-state index contributed by atoms with van der Waals surface area (Å²) >= 11 is 0. The lowest BCUT2D eigenvalue weighted by Crippen LogP contribution is -2.53. The van der Waals surface area contributed by atoms with Crippen molar-refractivity contribution in [2.24, 2.45) is 5.92 Å². The molecule has 2 aromatic carbocycles. The fourth-order valence-corrected chi connectivity index (χ4v) is 3.49. The van der Waals surface area contributed by atoms with Crippen LogP contribution in [0.3, 0.4) is 0 Å². The minimum atomic E-state index is -0.284. The van der Waals surface area contributed by atoms with E-state index in [0.29, 0.717) is 28.9 Å². The number of benzene rings is 2. The molecule has 0 bridgehead atoms. The quantitative estimate of drug-likeness (QED) is 0.908. The third-order valence-electron chi connectivity index (χ3n) is 5.05. The molecule has 0 spiro atoms. The zero-order valence-electron chi connectivity index (χ0n) is 13.8. The first-order valence-electron chi connectivity index (χ1n) is 8.59. The minimum absolute atomic E-state index is 0.0731. The van der Waals surface area contributed by atoms with Crippen molar-refractivity contribution in [2.75, 3.05) is 6.61 Å². The molecule has 1 amide bonds. The molecular formula is C20H20FNO3. The van der Waals surface area contributed by atoms with Crippen LogP contribution in [0.1, 0.15) is 28.8 Å². The molecule has 1 aliphatic heterocycles.